The van der Waals surface area contributed by atoms with E-state index in [9.17, 15) is 4.79 Å². The molecule has 1 aliphatic heterocycles. The molecule has 2 aliphatic rings. The third-order valence-electron chi connectivity index (χ3n) is 5.35. The molecule has 28 heavy (non-hydrogen) atoms. The fourth-order valence-electron chi connectivity index (χ4n) is 3.66. The van der Waals surface area contributed by atoms with Gasteiger partial charge in [-0.15, -0.1) is 24.8 Å². The second-order valence-corrected chi connectivity index (χ2v) is 7.23. The lowest BCUT2D eigenvalue weighted by Crippen LogP contribution is -2.35. The second kappa shape index (κ2) is 8.73. The van der Waals surface area contributed by atoms with E-state index in [0.29, 0.717) is 31.4 Å². The summed E-state index contributed by atoms with van der Waals surface area (Å²) in [6.07, 6.45) is 1.90. The molecule has 2 N–H and O–H groups in total. The third kappa shape index (κ3) is 4.00. The predicted octanol–water partition coefficient (Wildman–Crippen LogP) is 1.59. The van der Waals surface area contributed by atoms with Crippen LogP contribution in [0.5, 0.6) is 0 Å². The lowest BCUT2D eigenvalue weighted by molar-refractivity contribution is 0.177. The molecule has 0 spiro atoms. The topological polar surface area (TPSA) is 99.2 Å². The first-order chi connectivity index (χ1) is 12.5. The highest BCUT2D eigenvalue weighted by Gasteiger charge is 2.31. The second-order valence-electron chi connectivity index (χ2n) is 7.23. The summed E-state index contributed by atoms with van der Waals surface area (Å²) in [6, 6.07) is 2.29. The van der Waals surface area contributed by atoms with Crippen LogP contribution in [-0.4, -0.2) is 32.7 Å². The van der Waals surface area contributed by atoms with Crippen molar-refractivity contribution in [3.05, 3.63) is 45.0 Å². The summed E-state index contributed by atoms with van der Waals surface area (Å²) in [5.74, 6) is 2.58. The number of methoxy groups -OCH3 is 1. The van der Waals surface area contributed by atoms with Gasteiger partial charge >= 0.3 is 0 Å². The molecule has 0 amide bonds. The Balaban J connectivity index is 0.00000140. The molecule has 4 rings (SSSR count). The van der Waals surface area contributed by atoms with Crippen LogP contribution in [0.4, 0.5) is 5.82 Å². The number of nitrogens with zero attached hydrogens (tertiary/aromatic N) is 5. The minimum absolute atomic E-state index is 0. The Hall–Kier alpha value is -1.74. The van der Waals surface area contributed by atoms with Gasteiger partial charge in [-0.3, -0.25) is 9.36 Å². The zero-order chi connectivity index (χ0) is 18.4. The first kappa shape index (κ1) is 22.5. The summed E-state index contributed by atoms with van der Waals surface area (Å²) in [7, 11) is 3.39. The number of ether oxygens (including phenoxy) is 1. The summed E-state index contributed by atoms with van der Waals surface area (Å²) >= 11 is 0. The molecule has 2 aromatic heterocycles. The number of rotatable bonds is 4. The van der Waals surface area contributed by atoms with Crippen molar-refractivity contribution in [2.75, 3.05) is 12.0 Å². The van der Waals surface area contributed by atoms with Gasteiger partial charge in [-0.2, -0.15) is 0 Å². The number of nitrogens with two attached hydrogens (primary N) is 1. The fraction of sp³-hybridized carbons (Fsp3) is 0.556. The highest BCUT2D eigenvalue weighted by Crippen LogP contribution is 2.36. The van der Waals surface area contributed by atoms with Crippen LogP contribution in [-0.2, 0) is 31.5 Å². The Morgan fingerprint density at radius 3 is 2.57 bits per heavy atom. The van der Waals surface area contributed by atoms with Crippen LogP contribution in [0.1, 0.15) is 47.4 Å². The molecule has 0 atom stereocenters. The number of anilines is 1. The first-order valence-electron chi connectivity index (χ1n) is 8.89. The van der Waals surface area contributed by atoms with Gasteiger partial charge in [0.2, 0.25) is 0 Å². The standard InChI is InChI=1S/C18H24N6O2.2ClH/c1-10-20-15-8-24(7-13(15)18(25)23(10)2)17-6-14(11-4-12(19)5-11)21-16(22-17)9-26-3;;/h6,11-12H,4-5,7-9,19H2,1-3H3;2*1H. The van der Waals surface area contributed by atoms with E-state index >= 15 is 0 Å². The van der Waals surface area contributed by atoms with Crippen LogP contribution < -0.4 is 16.2 Å². The van der Waals surface area contributed by atoms with Crippen molar-refractivity contribution in [3.8, 4) is 0 Å². The molecule has 0 radical (unpaired) electrons. The minimum atomic E-state index is 0. The summed E-state index contributed by atoms with van der Waals surface area (Å²) in [4.78, 5) is 28.5. The SMILES string of the molecule is COCc1nc(C2CC(N)C2)cc(N2Cc3nc(C)n(C)c(=O)c3C2)n1.Cl.Cl. The molecule has 2 aromatic rings. The van der Waals surface area contributed by atoms with E-state index in [-0.39, 0.29) is 36.4 Å². The molecule has 10 heteroatoms. The summed E-state index contributed by atoms with van der Waals surface area (Å²) in [6.45, 7) is 3.31. The summed E-state index contributed by atoms with van der Waals surface area (Å²) in [5, 5.41) is 0. The molecule has 0 aromatic carbocycles. The maximum Gasteiger partial charge on any atom is 0.258 e. The fourth-order valence-corrected chi connectivity index (χ4v) is 3.66. The average molecular weight is 429 g/mol. The van der Waals surface area contributed by atoms with Crippen LogP contribution in [0.15, 0.2) is 10.9 Å². The molecular formula is C18H26Cl2N6O2. The summed E-state index contributed by atoms with van der Waals surface area (Å²) < 4.78 is 6.83. The predicted molar refractivity (Wildman–Crippen MR) is 111 cm³/mol. The largest absolute Gasteiger partial charge is 0.377 e. The maximum absolute atomic E-state index is 12.5. The molecule has 3 heterocycles. The monoisotopic (exact) mass is 428 g/mol. The van der Waals surface area contributed by atoms with Gasteiger partial charge in [0.1, 0.15) is 18.2 Å². The van der Waals surface area contributed by atoms with Crippen molar-refractivity contribution in [2.24, 2.45) is 12.8 Å². The molecular weight excluding hydrogens is 403 g/mol. The Morgan fingerprint density at radius 1 is 1.21 bits per heavy atom. The molecule has 8 nitrogen and oxygen atoms in total. The van der Waals surface area contributed by atoms with E-state index in [1.165, 1.54) is 0 Å². The van der Waals surface area contributed by atoms with Crippen molar-refractivity contribution in [3.63, 3.8) is 0 Å². The first-order valence-corrected chi connectivity index (χ1v) is 8.89. The van der Waals surface area contributed by atoms with E-state index in [2.05, 4.69) is 19.9 Å². The minimum Gasteiger partial charge on any atom is -0.377 e. The molecule has 1 aliphatic carbocycles. The number of hydrogen-bond acceptors (Lipinski definition) is 7. The molecule has 154 valence electrons. The van der Waals surface area contributed by atoms with Crippen molar-refractivity contribution in [2.45, 2.75) is 51.4 Å². The van der Waals surface area contributed by atoms with Crippen LogP contribution in [0.2, 0.25) is 0 Å². The normalized spacial score (nSPS) is 20.1. The number of fused-ring (bicyclic) bond motifs is 1. The van der Waals surface area contributed by atoms with E-state index in [0.717, 1.165) is 41.4 Å². The average Bonchev–Trinajstić information content (AvgIpc) is 3.01. The number of aromatic nitrogens is 4. The zero-order valence-electron chi connectivity index (χ0n) is 16.2. The van der Waals surface area contributed by atoms with Gasteiger partial charge in [0.25, 0.3) is 5.56 Å². The lowest BCUT2D eigenvalue weighted by atomic mass is 9.78. The molecule has 1 fully saturated rings. The van der Waals surface area contributed by atoms with Gasteiger partial charge in [0.15, 0.2) is 5.82 Å². The van der Waals surface area contributed by atoms with Gasteiger partial charge in [0, 0.05) is 37.9 Å². The highest BCUT2D eigenvalue weighted by molar-refractivity contribution is 5.85. The molecule has 1 saturated carbocycles. The molecule has 0 unspecified atom stereocenters. The van der Waals surface area contributed by atoms with Crippen LogP contribution >= 0.6 is 24.8 Å². The quantitative estimate of drug-likeness (QED) is 0.788. The van der Waals surface area contributed by atoms with E-state index in [4.69, 9.17) is 10.5 Å². The van der Waals surface area contributed by atoms with Crippen molar-refractivity contribution >= 4 is 30.6 Å². The Morgan fingerprint density at radius 2 is 1.93 bits per heavy atom. The Labute approximate surface area is 176 Å². The lowest BCUT2D eigenvalue weighted by Gasteiger charge is -2.32. The zero-order valence-corrected chi connectivity index (χ0v) is 17.8. The highest BCUT2D eigenvalue weighted by atomic mass is 35.5. The summed E-state index contributed by atoms with van der Waals surface area (Å²) in [5.41, 5.74) is 8.56. The van der Waals surface area contributed by atoms with Crippen LogP contribution in [0.25, 0.3) is 0 Å². The van der Waals surface area contributed by atoms with Gasteiger partial charge in [-0.1, -0.05) is 0 Å². The van der Waals surface area contributed by atoms with Crippen molar-refractivity contribution < 1.29 is 4.74 Å². The van der Waals surface area contributed by atoms with Gasteiger partial charge in [-0.25, -0.2) is 15.0 Å². The van der Waals surface area contributed by atoms with Gasteiger partial charge in [0.05, 0.1) is 24.3 Å². The van der Waals surface area contributed by atoms with E-state index in [1.807, 2.05) is 13.0 Å². The molecule has 0 bridgehead atoms. The number of hydrogen-bond donors (Lipinski definition) is 1. The van der Waals surface area contributed by atoms with Gasteiger partial charge < -0.3 is 15.4 Å². The van der Waals surface area contributed by atoms with E-state index in [1.54, 1.807) is 18.7 Å². The Bertz CT molecular complexity index is 914. The van der Waals surface area contributed by atoms with Gasteiger partial charge in [-0.05, 0) is 19.8 Å². The smallest absolute Gasteiger partial charge is 0.258 e. The van der Waals surface area contributed by atoms with Crippen molar-refractivity contribution in [1.82, 2.24) is 19.5 Å². The Kier molecular flexibility index (Phi) is 7.03. The third-order valence-corrected chi connectivity index (χ3v) is 5.35. The van der Waals surface area contributed by atoms with Crippen LogP contribution in [0, 0.1) is 6.92 Å². The number of aryl methyl sites for hydroxylation is 1. The molecule has 0 saturated heterocycles. The number of halogens is 2. The van der Waals surface area contributed by atoms with E-state index < -0.39 is 0 Å². The van der Waals surface area contributed by atoms with Crippen LogP contribution in [0.3, 0.4) is 0 Å². The van der Waals surface area contributed by atoms with Crippen molar-refractivity contribution in [1.29, 1.82) is 0 Å². The maximum atomic E-state index is 12.5.